The number of aliphatic imine (C=N–C) groups is 1. The number of likely N-dealkylation sites (tertiary alicyclic amines) is 1. The van der Waals surface area contributed by atoms with Gasteiger partial charge in [0.1, 0.15) is 54.4 Å². The van der Waals surface area contributed by atoms with E-state index in [0.717, 1.165) is 0 Å². The molecule has 1 aliphatic heterocycles. The van der Waals surface area contributed by atoms with E-state index in [-0.39, 0.29) is 88.8 Å². The number of aliphatic hydroxyl groups is 2. The predicted octanol–water partition coefficient (Wildman–Crippen LogP) is -8.30. The Kier molecular flexibility index (Phi) is 36.2. The van der Waals surface area contributed by atoms with Crippen LogP contribution in [-0.2, 0) is 62.3 Å². The molecule has 1 aliphatic rings. The molecule has 0 bridgehead atoms. The second-order valence-electron chi connectivity index (χ2n) is 20.3. The number of amides is 11. The number of thioether (sulfide) groups is 1. The van der Waals surface area contributed by atoms with Crippen molar-refractivity contribution in [2.24, 2.45) is 39.6 Å². The third-order valence-electron chi connectivity index (χ3n) is 13.1. The quantitative estimate of drug-likeness (QED) is 0.0153. The van der Waals surface area contributed by atoms with Crippen molar-refractivity contribution in [1.29, 1.82) is 0 Å². The average Bonchev–Trinajstić information content (AvgIpc) is 3.69. The van der Waals surface area contributed by atoms with Crippen LogP contribution in [0.25, 0.3) is 0 Å². The summed E-state index contributed by atoms with van der Waals surface area (Å²) in [6.07, 6.45) is 2.12. The highest BCUT2D eigenvalue weighted by Gasteiger charge is 2.38. The van der Waals surface area contributed by atoms with Crippen LogP contribution in [0.2, 0.25) is 0 Å². The number of hydrogen-bond donors (Lipinski definition) is 19. The van der Waals surface area contributed by atoms with Crippen molar-refractivity contribution in [2.75, 3.05) is 64.5 Å². The highest BCUT2D eigenvalue weighted by molar-refractivity contribution is 7.98. The smallest absolute Gasteiger partial charge is 0.328 e. The third-order valence-corrected chi connectivity index (χ3v) is 13.7. The standard InChI is InChI=1S/C50H89N17O17S/c1-26(2)39(53)47(81)58-22-36(70)59-27(3)48(82)67-19-10-14-35(67)46(80)57-23-37(71)60-28(11-5-7-16-51)40(74)61-29(12-6-8-17-52)41(75)62-30(13-9-18-56-50(54)55)42(76)64-32(21-38(72)73)44(78)63-31(15-20-85-4)43(77)65-33(24-68)45(79)66-34(25-69)49(83)84/h26-35,39,68-69H,5-25,51-53H2,1-4H3,(H,57,80)(H,58,81)(H,59,70)(H,60,71)(H,61,74)(H,62,75)(H,63,78)(H,64,76)(H,65,77)(H,66,79)(H,72,73)(H,83,84)(H4,54,55,56)/t27-,28-,29-,30-,31-,32-,33-,34-,35-,39-/m0/s1. The van der Waals surface area contributed by atoms with Gasteiger partial charge in [0.25, 0.3) is 0 Å². The second-order valence-corrected chi connectivity index (χ2v) is 21.3. The second kappa shape index (κ2) is 40.7. The van der Waals surface area contributed by atoms with E-state index >= 15 is 0 Å². The normalized spacial score (nSPS) is 16.0. The number of hydrogen-bond acceptors (Lipinski definition) is 20. The highest BCUT2D eigenvalue weighted by atomic mass is 32.2. The number of nitrogens with two attached hydrogens (primary N) is 5. The fourth-order valence-electron chi connectivity index (χ4n) is 8.22. The molecule has 1 fully saturated rings. The molecule has 0 spiro atoms. The predicted molar refractivity (Wildman–Crippen MR) is 307 cm³/mol. The van der Waals surface area contributed by atoms with Crippen molar-refractivity contribution in [3.63, 3.8) is 0 Å². The van der Waals surface area contributed by atoms with Crippen LogP contribution in [0, 0.1) is 5.92 Å². The minimum absolute atomic E-state index is 0.000419. The zero-order valence-electron chi connectivity index (χ0n) is 48.5. The first kappa shape index (κ1) is 75.5. The van der Waals surface area contributed by atoms with Crippen molar-refractivity contribution < 1.29 is 82.8 Å². The van der Waals surface area contributed by atoms with Crippen LogP contribution in [0.3, 0.4) is 0 Å². The fourth-order valence-corrected chi connectivity index (χ4v) is 8.69. The number of aliphatic hydroxyl groups excluding tert-OH is 2. The first-order chi connectivity index (χ1) is 40.1. The summed E-state index contributed by atoms with van der Waals surface area (Å²) in [7, 11) is 0. The molecular formula is C50H89N17O17S. The summed E-state index contributed by atoms with van der Waals surface area (Å²) < 4.78 is 0. The first-order valence-electron chi connectivity index (χ1n) is 27.8. The van der Waals surface area contributed by atoms with Crippen LogP contribution in [0.1, 0.15) is 97.8 Å². The average molecular weight is 1230 g/mol. The van der Waals surface area contributed by atoms with Gasteiger partial charge in [-0.15, -0.1) is 0 Å². The maximum atomic E-state index is 14.3. The minimum Gasteiger partial charge on any atom is -0.481 e. The number of nitrogens with one attached hydrogen (secondary N) is 10. The lowest BCUT2D eigenvalue weighted by Gasteiger charge is -2.28. The van der Waals surface area contributed by atoms with E-state index in [1.54, 1.807) is 20.1 Å². The lowest BCUT2D eigenvalue weighted by Crippen LogP contribution is -2.60. The number of carbonyl (C=O) groups excluding carboxylic acids is 11. The van der Waals surface area contributed by atoms with E-state index in [4.69, 9.17) is 28.7 Å². The molecule has 1 saturated heterocycles. The molecule has 482 valence electrons. The first-order valence-corrected chi connectivity index (χ1v) is 29.2. The summed E-state index contributed by atoms with van der Waals surface area (Å²) in [6, 6.07) is -14.3. The van der Waals surface area contributed by atoms with Crippen LogP contribution in [0.15, 0.2) is 4.99 Å². The van der Waals surface area contributed by atoms with E-state index in [2.05, 4.69) is 52.8 Å². The van der Waals surface area contributed by atoms with E-state index in [1.807, 2.05) is 5.32 Å². The Bertz CT molecular complexity index is 2300. The largest absolute Gasteiger partial charge is 0.481 e. The van der Waals surface area contributed by atoms with Gasteiger partial charge in [0.15, 0.2) is 5.96 Å². The van der Waals surface area contributed by atoms with Gasteiger partial charge in [-0.2, -0.15) is 11.8 Å². The van der Waals surface area contributed by atoms with E-state index in [9.17, 15) is 82.8 Å². The molecule has 11 amide bonds. The Hall–Kier alpha value is -7.47. The molecule has 34 nitrogen and oxygen atoms in total. The van der Waals surface area contributed by atoms with Crippen molar-refractivity contribution in [1.82, 2.24) is 58.1 Å². The van der Waals surface area contributed by atoms with Gasteiger partial charge in [-0.3, -0.25) is 62.5 Å². The van der Waals surface area contributed by atoms with E-state index in [0.29, 0.717) is 25.7 Å². The van der Waals surface area contributed by atoms with E-state index < -0.39 is 170 Å². The summed E-state index contributed by atoms with van der Waals surface area (Å²) in [5, 5.41) is 62.0. The Balaban J connectivity index is 3.38. The van der Waals surface area contributed by atoms with Crippen LogP contribution < -0.4 is 81.8 Å². The molecule has 0 aliphatic carbocycles. The SMILES string of the molecule is CSCC[C@H](NC(=O)[C@H](CC(=O)O)NC(=O)[C@H](CCCN=C(N)N)NC(=O)[C@H](CCCCN)NC(=O)[C@H](CCCCN)NC(=O)CNC(=O)[C@@H]1CCCN1C(=O)[C@H](C)NC(=O)CNC(=O)[C@@H](N)C(C)C)C(=O)N[C@@H](CO)C(=O)N[C@@H](CO)C(=O)O. The molecule has 0 saturated carbocycles. The molecule has 0 aromatic heterocycles. The minimum atomic E-state index is -1.93. The van der Waals surface area contributed by atoms with Gasteiger partial charge < -0.3 is 107 Å². The van der Waals surface area contributed by atoms with Crippen LogP contribution in [-0.4, -0.2) is 233 Å². The zero-order chi connectivity index (χ0) is 64.3. The Morgan fingerprint density at radius 3 is 1.51 bits per heavy atom. The molecule has 1 rings (SSSR count). The monoisotopic (exact) mass is 1230 g/mol. The molecule has 85 heavy (non-hydrogen) atoms. The molecule has 1 heterocycles. The van der Waals surface area contributed by atoms with Gasteiger partial charge in [0, 0.05) is 13.1 Å². The highest BCUT2D eigenvalue weighted by Crippen LogP contribution is 2.19. The number of rotatable bonds is 42. The van der Waals surface area contributed by atoms with Gasteiger partial charge in [0.2, 0.25) is 65.0 Å². The molecule has 24 N–H and O–H groups in total. The number of carboxylic acids is 2. The summed E-state index contributed by atoms with van der Waals surface area (Å²) >= 11 is 1.22. The number of carbonyl (C=O) groups is 13. The van der Waals surface area contributed by atoms with Crippen molar-refractivity contribution in [2.45, 2.75) is 158 Å². The third kappa shape index (κ3) is 28.8. The molecule has 0 aromatic rings. The van der Waals surface area contributed by atoms with Gasteiger partial charge in [-0.1, -0.05) is 13.8 Å². The van der Waals surface area contributed by atoms with Crippen LogP contribution >= 0.6 is 11.8 Å². The zero-order valence-corrected chi connectivity index (χ0v) is 49.3. The number of carboxylic acid groups (broad SMARTS) is 2. The molecule has 0 aromatic carbocycles. The summed E-state index contributed by atoms with van der Waals surface area (Å²) in [6.45, 7) is 2.17. The van der Waals surface area contributed by atoms with Gasteiger partial charge in [-0.05, 0) is 109 Å². The van der Waals surface area contributed by atoms with Gasteiger partial charge in [-0.25, -0.2) is 4.79 Å². The van der Waals surface area contributed by atoms with Gasteiger partial charge >= 0.3 is 11.9 Å². The lowest BCUT2D eigenvalue weighted by molar-refractivity contribution is -0.143. The fraction of sp³-hybridized carbons (Fsp3) is 0.720. The number of aliphatic carboxylic acids is 2. The van der Waals surface area contributed by atoms with Crippen molar-refractivity contribution in [3.8, 4) is 0 Å². The van der Waals surface area contributed by atoms with Crippen LogP contribution in [0.4, 0.5) is 0 Å². The van der Waals surface area contributed by atoms with Gasteiger partial charge in [0.05, 0.1) is 38.8 Å². The Morgan fingerprint density at radius 2 is 1.02 bits per heavy atom. The molecule has 0 unspecified atom stereocenters. The summed E-state index contributed by atoms with van der Waals surface area (Å²) in [4.78, 5) is 176. The van der Waals surface area contributed by atoms with Crippen LogP contribution in [0.5, 0.6) is 0 Å². The molecule has 35 heteroatoms. The van der Waals surface area contributed by atoms with Crippen molar-refractivity contribution in [3.05, 3.63) is 0 Å². The maximum Gasteiger partial charge on any atom is 0.328 e. The number of unbranched alkanes of at least 4 members (excludes halogenated alkanes) is 2. The number of guanidine groups is 1. The Morgan fingerprint density at radius 1 is 0.576 bits per heavy atom. The summed E-state index contributed by atoms with van der Waals surface area (Å²) in [5.41, 5.74) is 28.2. The number of nitrogens with zero attached hydrogens (tertiary/aromatic N) is 2. The lowest BCUT2D eigenvalue weighted by atomic mass is 10.0. The maximum absolute atomic E-state index is 14.3. The molecule has 10 atom stereocenters. The van der Waals surface area contributed by atoms with E-state index in [1.165, 1.54) is 23.6 Å². The molecule has 0 radical (unpaired) electrons. The summed E-state index contributed by atoms with van der Waals surface area (Å²) in [5.74, 6) is -13.3. The van der Waals surface area contributed by atoms with Crippen molar-refractivity contribution >= 4 is 94.6 Å². The molecular weight excluding hydrogens is 1140 g/mol. The Labute approximate surface area is 496 Å². The topological polar surface area (TPSA) is 569 Å².